The van der Waals surface area contributed by atoms with E-state index in [0.717, 1.165) is 16.0 Å². The highest BCUT2D eigenvalue weighted by Crippen LogP contribution is 2.36. The van der Waals surface area contributed by atoms with Gasteiger partial charge in [0.15, 0.2) is 5.13 Å². The Bertz CT molecular complexity index is 1500. The molecule has 6 nitrogen and oxygen atoms in total. The SMILES string of the molecule is CC1Cc2ccccc2N1S(=O)(=O)c1cccc(C(=O)Nc2ncc(Cc3ccc(Cl)cc3)s2)c1. The third kappa shape index (κ3) is 4.82. The topological polar surface area (TPSA) is 79.4 Å². The molecule has 4 aromatic rings. The van der Waals surface area contributed by atoms with Crippen molar-refractivity contribution >= 4 is 49.7 Å². The van der Waals surface area contributed by atoms with Crippen molar-refractivity contribution < 1.29 is 13.2 Å². The fourth-order valence-corrected chi connectivity index (χ4v) is 6.94. The molecule has 1 aromatic heterocycles. The van der Waals surface area contributed by atoms with Crippen LogP contribution in [0.15, 0.2) is 83.9 Å². The molecule has 0 aliphatic carbocycles. The van der Waals surface area contributed by atoms with Gasteiger partial charge < -0.3 is 0 Å². The molecule has 0 saturated heterocycles. The van der Waals surface area contributed by atoms with Crippen LogP contribution < -0.4 is 9.62 Å². The number of anilines is 2. The van der Waals surface area contributed by atoms with Crippen LogP contribution in [0.2, 0.25) is 5.02 Å². The Morgan fingerprint density at radius 2 is 1.89 bits per heavy atom. The average molecular weight is 524 g/mol. The van der Waals surface area contributed by atoms with Gasteiger partial charge in [-0.2, -0.15) is 0 Å². The number of hydrogen-bond donors (Lipinski definition) is 1. The molecule has 0 spiro atoms. The molecule has 0 bridgehead atoms. The predicted octanol–water partition coefficient (Wildman–Crippen LogP) is 5.78. The van der Waals surface area contributed by atoms with Crippen molar-refractivity contribution in [3.05, 3.63) is 106 Å². The highest BCUT2D eigenvalue weighted by Gasteiger charge is 2.36. The summed E-state index contributed by atoms with van der Waals surface area (Å²) in [5, 5.41) is 3.92. The minimum Gasteiger partial charge on any atom is -0.298 e. The van der Waals surface area contributed by atoms with Crippen LogP contribution in [-0.2, 0) is 22.9 Å². The molecule has 1 unspecified atom stereocenters. The Morgan fingerprint density at radius 1 is 1.11 bits per heavy atom. The Morgan fingerprint density at radius 3 is 2.69 bits per heavy atom. The molecular weight excluding hydrogens is 502 g/mol. The minimum absolute atomic E-state index is 0.0799. The van der Waals surface area contributed by atoms with E-state index < -0.39 is 15.9 Å². The highest BCUT2D eigenvalue weighted by molar-refractivity contribution is 7.92. The molecule has 178 valence electrons. The maximum absolute atomic E-state index is 13.5. The Kier molecular flexibility index (Phi) is 6.35. The smallest absolute Gasteiger partial charge is 0.264 e. The van der Waals surface area contributed by atoms with Gasteiger partial charge in [0.25, 0.3) is 15.9 Å². The first-order valence-corrected chi connectivity index (χ1v) is 13.7. The molecule has 35 heavy (non-hydrogen) atoms. The van der Waals surface area contributed by atoms with Gasteiger partial charge in [-0.25, -0.2) is 13.4 Å². The zero-order valence-electron chi connectivity index (χ0n) is 18.8. The van der Waals surface area contributed by atoms with E-state index in [1.54, 1.807) is 18.3 Å². The number of hydrogen-bond acceptors (Lipinski definition) is 5. The van der Waals surface area contributed by atoms with Gasteiger partial charge in [-0.1, -0.05) is 48.0 Å². The number of carbonyl (C=O) groups excluding carboxylic acids is 1. The number of para-hydroxylation sites is 1. The molecule has 1 aliphatic rings. The molecule has 9 heteroatoms. The molecule has 0 radical (unpaired) electrons. The molecule has 1 atom stereocenters. The second kappa shape index (κ2) is 9.45. The lowest BCUT2D eigenvalue weighted by atomic mass is 10.1. The number of benzene rings is 3. The molecule has 0 fully saturated rings. The number of halogens is 1. The number of carbonyl (C=O) groups is 1. The van der Waals surface area contributed by atoms with Gasteiger partial charge in [-0.05, 0) is 60.9 Å². The van der Waals surface area contributed by atoms with E-state index in [-0.39, 0.29) is 16.5 Å². The second-order valence-electron chi connectivity index (χ2n) is 8.40. The van der Waals surface area contributed by atoms with Crippen LogP contribution in [0.4, 0.5) is 10.8 Å². The minimum atomic E-state index is -3.83. The number of amides is 1. The lowest BCUT2D eigenvalue weighted by Crippen LogP contribution is -2.35. The van der Waals surface area contributed by atoms with E-state index in [1.165, 1.54) is 27.8 Å². The molecular formula is C26H22ClN3O3S2. The molecule has 1 aliphatic heterocycles. The van der Waals surface area contributed by atoms with E-state index in [2.05, 4.69) is 10.3 Å². The van der Waals surface area contributed by atoms with Crippen molar-refractivity contribution in [2.24, 2.45) is 0 Å². The van der Waals surface area contributed by atoms with E-state index >= 15 is 0 Å². The van der Waals surface area contributed by atoms with Crippen molar-refractivity contribution in [3.8, 4) is 0 Å². The van der Waals surface area contributed by atoms with Crippen molar-refractivity contribution in [2.75, 3.05) is 9.62 Å². The molecule has 2 heterocycles. The van der Waals surface area contributed by atoms with Crippen LogP contribution >= 0.6 is 22.9 Å². The summed E-state index contributed by atoms with van der Waals surface area (Å²) >= 11 is 7.32. The zero-order chi connectivity index (χ0) is 24.6. The third-order valence-electron chi connectivity index (χ3n) is 5.86. The largest absolute Gasteiger partial charge is 0.298 e. The normalized spacial score (nSPS) is 15.1. The average Bonchev–Trinajstić information content (AvgIpc) is 3.43. The fourth-order valence-electron chi connectivity index (χ4n) is 4.23. The van der Waals surface area contributed by atoms with E-state index in [9.17, 15) is 13.2 Å². The highest BCUT2D eigenvalue weighted by atomic mass is 35.5. The first-order valence-electron chi connectivity index (χ1n) is 11.0. The summed E-state index contributed by atoms with van der Waals surface area (Å²) in [5.74, 6) is -0.413. The Balaban J connectivity index is 1.33. The van der Waals surface area contributed by atoms with Crippen LogP contribution in [0, 0.1) is 0 Å². The number of rotatable bonds is 6. The fraction of sp³-hybridized carbons (Fsp3) is 0.154. The second-order valence-corrected chi connectivity index (χ2v) is 11.8. The van der Waals surface area contributed by atoms with Crippen LogP contribution in [0.25, 0.3) is 0 Å². The van der Waals surface area contributed by atoms with Gasteiger partial charge in [0.1, 0.15) is 0 Å². The maximum Gasteiger partial charge on any atom is 0.264 e. The van der Waals surface area contributed by atoms with Crippen LogP contribution in [0.1, 0.15) is 33.3 Å². The van der Waals surface area contributed by atoms with Crippen molar-refractivity contribution in [1.82, 2.24) is 4.98 Å². The summed E-state index contributed by atoms with van der Waals surface area (Å²) < 4.78 is 28.5. The van der Waals surface area contributed by atoms with Crippen LogP contribution in [0.5, 0.6) is 0 Å². The third-order valence-corrected chi connectivity index (χ3v) is 8.95. The number of fused-ring (bicyclic) bond motifs is 1. The number of thiazole rings is 1. The van der Waals surface area contributed by atoms with Crippen molar-refractivity contribution in [1.29, 1.82) is 0 Å². The van der Waals surface area contributed by atoms with Gasteiger partial charge in [0.05, 0.1) is 10.6 Å². The number of aromatic nitrogens is 1. The summed E-state index contributed by atoms with van der Waals surface area (Å²) in [5.41, 5.74) is 3.02. The summed E-state index contributed by atoms with van der Waals surface area (Å²) in [6, 6.07) is 21.0. The lowest BCUT2D eigenvalue weighted by Gasteiger charge is -2.24. The quantitative estimate of drug-likeness (QED) is 0.347. The van der Waals surface area contributed by atoms with Gasteiger partial charge >= 0.3 is 0 Å². The van der Waals surface area contributed by atoms with Gasteiger partial charge in [-0.15, -0.1) is 11.3 Å². The van der Waals surface area contributed by atoms with Gasteiger partial charge in [0.2, 0.25) is 0 Å². The Labute approximate surface area is 213 Å². The summed E-state index contributed by atoms with van der Waals surface area (Å²) in [4.78, 5) is 18.3. The first-order chi connectivity index (χ1) is 16.8. The molecule has 1 amide bonds. The van der Waals surface area contributed by atoms with Crippen LogP contribution in [-0.4, -0.2) is 25.4 Å². The molecule has 5 rings (SSSR count). The zero-order valence-corrected chi connectivity index (χ0v) is 21.2. The van der Waals surface area contributed by atoms with Crippen LogP contribution in [0.3, 0.4) is 0 Å². The standard InChI is InChI=1S/C26H22ClN3O3S2/c1-17-13-19-5-2-3-8-24(19)30(17)35(32,33)23-7-4-6-20(15-23)25(31)29-26-28-16-22(34-26)14-18-9-11-21(27)12-10-18/h2-12,15-17H,13-14H2,1H3,(H,28,29,31). The number of nitrogens with one attached hydrogen (secondary N) is 1. The van der Waals surface area contributed by atoms with E-state index in [0.29, 0.717) is 28.7 Å². The molecule has 1 N–H and O–H groups in total. The summed E-state index contributed by atoms with van der Waals surface area (Å²) in [6.45, 7) is 1.89. The van der Waals surface area contributed by atoms with Crippen molar-refractivity contribution in [3.63, 3.8) is 0 Å². The van der Waals surface area contributed by atoms with E-state index in [1.807, 2.05) is 55.5 Å². The maximum atomic E-state index is 13.5. The predicted molar refractivity (Wildman–Crippen MR) is 140 cm³/mol. The van der Waals surface area contributed by atoms with Crippen molar-refractivity contribution in [2.45, 2.75) is 30.7 Å². The molecule has 0 saturated carbocycles. The monoisotopic (exact) mass is 523 g/mol. The first kappa shape index (κ1) is 23.5. The summed E-state index contributed by atoms with van der Waals surface area (Å²) in [7, 11) is -3.83. The Hall–Kier alpha value is -3.20. The number of sulfonamides is 1. The van der Waals surface area contributed by atoms with Gasteiger partial charge in [0, 0.05) is 34.1 Å². The van der Waals surface area contributed by atoms with Gasteiger partial charge in [-0.3, -0.25) is 14.4 Å². The lowest BCUT2D eigenvalue weighted by molar-refractivity contribution is 0.102. The summed E-state index contributed by atoms with van der Waals surface area (Å²) in [6.07, 6.45) is 3.05. The number of nitrogens with zero attached hydrogens (tertiary/aromatic N) is 2. The molecule has 3 aromatic carbocycles. The van der Waals surface area contributed by atoms with E-state index in [4.69, 9.17) is 11.6 Å².